The van der Waals surface area contributed by atoms with E-state index in [-0.39, 0.29) is 23.1 Å². The third kappa shape index (κ3) is 3.37. The van der Waals surface area contributed by atoms with E-state index in [9.17, 15) is 9.59 Å². The second kappa shape index (κ2) is 7.05. The summed E-state index contributed by atoms with van der Waals surface area (Å²) in [5, 5.41) is 3.14. The van der Waals surface area contributed by atoms with Gasteiger partial charge in [0.2, 0.25) is 5.91 Å². The normalized spacial score (nSPS) is 22.5. The average Bonchev–Trinajstić information content (AvgIpc) is 3.36. The molecule has 3 aliphatic rings. The van der Waals surface area contributed by atoms with Crippen molar-refractivity contribution in [2.45, 2.75) is 62.8 Å². The number of aryl methyl sites for hydroxylation is 1. The van der Waals surface area contributed by atoms with Gasteiger partial charge in [-0.2, -0.15) is 0 Å². The molecule has 2 fully saturated rings. The van der Waals surface area contributed by atoms with Crippen LogP contribution in [0.3, 0.4) is 0 Å². The van der Waals surface area contributed by atoms with E-state index >= 15 is 0 Å². The van der Waals surface area contributed by atoms with Gasteiger partial charge in [-0.3, -0.25) is 9.59 Å². The number of benzene rings is 1. The molecule has 1 N–H and O–H groups in total. The molecule has 0 radical (unpaired) electrons. The topological polar surface area (TPSA) is 62.6 Å². The van der Waals surface area contributed by atoms with Gasteiger partial charge in [0.05, 0.1) is 6.26 Å². The zero-order valence-corrected chi connectivity index (χ0v) is 16.9. The van der Waals surface area contributed by atoms with E-state index in [0.29, 0.717) is 18.2 Å². The Balaban J connectivity index is 1.31. The van der Waals surface area contributed by atoms with Crippen molar-refractivity contribution in [3.63, 3.8) is 0 Å². The lowest BCUT2D eigenvalue weighted by Crippen LogP contribution is -2.44. The Kier molecular flexibility index (Phi) is 4.49. The van der Waals surface area contributed by atoms with E-state index in [1.54, 1.807) is 6.26 Å². The van der Waals surface area contributed by atoms with Crippen molar-refractivity contribution in [3.8, 4) is 0 Å². The van der Waals surface area contributed by atoms with Gasteiger partial charge in [0, 0.05) is 31.1 Å². The average molecular weight is 392 g/mol. The van der Waals surface area contributed by atoms with E-state index in [4.69, 9.17) is 4.42 Å². The van der Waals surface area contributed by atoms with Crippen LogP contribution in [0.5, 0.6) is 0 Å². The number of hydrogen-bond donors (Lipinski definition) is 1. The fourth-order valence-corrected chi connectivity index (χ4v) is 5.29. The smallest absolute Gasteiger partial charge is 0.289 e. The Morgan fingerprint density at radius 1 is 1.17 bits per heavy atom. The van der Waals surface area contributed by atoms with Gasteiger partial charge in [-0.15, -0.1) is 0 Å². The highest BCUT2D eigenvalue weighted by Gasteiger charge is 2.46. The van der Waals surface area contributed by atoms with E-state index < -0.39 is 0 Å². The summed E-state index contributed by atoms with van der Waals surface area (Å²) in [6.45, 7) is 3.37. The van der Waals surface area contributed by atoms with Crippen LogP contribution in [0.15, 0.2) is 41.0 Å². The minimum Gasteiger partial charge on any atom is -0.459 e. The van der Waals surface area contributed by atoms with Gasteiger partial charge in [0.15, 0.2) is 5.76 Å². The van der Waals surface area contributed by atoms with Crippen molar-refractivity contribution in [1.29, 1.82) is 0 Å². The van der Waals surface area contributed by atoms with Crippen LogP contribution in [0.25, 0.3) is 0 Å². The Bertz CT molecular complexity index is 935. The minimum absolute atomic E-state index is 0.00556. The third-order valence-corrected chi connectivity index (χ3v) is 7.05. The van der Waals surface area contributed by atoms with Crippen molar-refractivity contribution in [1.82, 2.24) is 10.2 Å². The maximum absolute atomic E-state index is 12.8. The van der Waals surface area contributed by atoms with Gasteiger partial charge < -0.3 is 14.6 Å². The van der Waals surface area contributed by atoms with Crippen molar-refractivity contribution in [2.75, 3.05) is 13.1 Å². The van der Waals surface area contributed by atoms with Crippen LogP contribution in [0, 0.1) is 6.92 Å². The van der Waals surface area contributed by atoms with Gasteiger partial charge in [-0.05, 0) is 67.6 Å². The van der Waals surface area contributed by atoms with Crippen LogP contribution in [0.4, 0.5) is 0 Å². The first-order valence-corrected chi connectivity index (χ1v) is 10.8. The Labute approximate surface area is 171 Å². The molecule has 1 atom stereocenters. The minimum atomic E-state index is -0.00556. The largest absolute Gasteiger partial charge is 0.459 e. The molecule has 1 aromatic carbocycles. The SMILES string of the molecule is Cc1ccoc1C(=O)N1CCC2(CC1)C[C@@H](CC(=O)NC1CC1)c1ccccc12. The molecule has 29 heavy (non-hydrogen) atoms. The summed E-state index contributed by atoms with van der Waals surface area (Å²) in [7, 11) is 0. The highest BCUT2D eigenvalue weighted by molar-refractivity contribution is 5.93. The summed E-state index contributed by atoms with van der Waals surface area (Å²) >= 11 is 0. The number of carbonyl (C=O) groups excluding carboxylic acids is 2. The predicted octanol–water partition coefficient (Wildman–Crippen LogP) is 3.92. The fourth-order valence-electron chi connectivity index (χ4n) is 5.29. The van der Waals surface area contributed by atoms with Crippen molar-refractivity contribution >= 4 is 11.8 Å². The highest BCUT2D eigenvalue weighted by atomic mass is 16.3. The first-order chi connectivity index (χ1) is 14.1. The van der Waals surface area contributed by atoms with Crippen LogP contribution in [-0.4, -0.2) is 35.8 Å². The van der Waals surface area contributed by atoms with Crippen LogP contribution in [0.1, 0.15) is 71.7 Å². The van der Waals surface area contributed by atoms with E-state index in [0.717, 1.165) is 50.8 Å². The van der Waals surface area contributed by atoms with Crippen molar-refractivity contribution < 1.29 is 14.0 Å². The summed E-state index contributed by atoms with van der Waals surface area (Å²) in [4.78, 5) is 27.2. The van der Waals surface area contributed by atoms with Crippen LogP contribution < -0.4 is 5.32 Å². The lowest BCUT2D eigenvalue weighted by Gasteiger charge is -2.40. The molecule has 5 heteroatoms. The fraction of sp³-hybridized carbons (Fsp3) is 0.500. The van der Waals surface area contributed by atoms with E-state index in [1.807, 2.05) is 17.9 Å². The number of fused-ring (bicyclic) bond motifs is 2. The van der Waals surface area contributed by atoms with Crippen LogP contribution in [-0.2, 0) is 10.2 Å². The number of likely N-dealkylation sites (tertiary alicyclic amines) is 1. The summed E-state index contributed by atoms with van der Waals surface area (Å²) in [6, 6.07) is 10.9. The number of furan rings is 1. The molecule has 1 spiro atoms. The maximum atomic E-state index is 12.8. The summed E-state index contributed by atoms with van der Waals surface area (Å²) in [5.74, 6) is 0.918. The Morgan fingerprint density at radius 3 is 2.62 bits per heavy atom. The monoisotopic (exact) mass is 392 g/mol. The second-order valence-corrected chi connectivity index (χ2v) is 9.04. The number of piperidine rings is 1. The Hall–Kier alpha value is -2.56. The lowest BCUT2D eigenvalue weighted by molar-refractivity contribution is -0.121. The molecule has 0 unspecified atom stereocenters. The molecule has 0 bridgehead atoms. The van der Waals surface area contributed by atoms with E-state index in [1.165, 1.54) is 11.1 Å². The van der Waals surface area contributed by atoms with Gasteiger partial charge in [-0.25, -0.2) is 0 Å². The molecule has 1 aliphatic heterocycles. The molecular weight excluding hydrogens is 364 g/mol. The van der Waals surface area contributed by atoms with Crippen molar-refractivity contribution in [3.05, 3.63) is 59.0 Å². The first kappa shape index (κ1) is 18.5. The molecule has 2 heterocycles. The third-order valence-electron chi connectivity index (χ3n) is 7.05. The quantitative estimate of drug-likeness (QED) is 0.858. The second-order valence-electron chi connectivity index (χ2n) is 9.04. The summed E-state index contributed by atoms with van der Waals surface area (Å²) in [5.41, 5.74) is 3.70. The van der Waals surface area contributed by atoms with E-state index in [2.05, 4.69) is 29.6 Å². The maximum Gasteiger partial charge on any atom is 0.289 e. The molecule has 1 saturated carbocycles. The number of rotatable bonds is 4. The number of carbonyl (C=O) groups is 2. The molecule has 2 aromatic rings. The van der Waals surface area contributed by atoms with Gasteiger partial charge >= 0.3 is 0 Å². The summed E-state index contributed by atoms with van der Waals surface area (Å²) in [6.07, 6.45) is 7.28. The standard InChI is InChI=1S/C24H28N2O3/c1-16-8-13-29-22(16)23(28)26-11-9-24(10-12-26)15-17(14-21(27)25-18-6-7-18)19-4-2-3-5-20(19)24/h2-5,8,13,17-18H,6-7,9-12,14-15H2,1H3,(H,25,27)/t17-/m1/s1. The Morgan fingerprint density at radius 2 is 1.93 bits per heavy atom. The highest BCUT2D eigenvalue weighted by Crippen LogP contribution is 2.52. The zero-order valence-electron chi connectivity index (χ0n) is 16.9. The molecule has 1 saturated heterocycles. The van der Waals surface area contributed by atoms with Gasteiger partial charge in [0.25, 0.3) is 5.91 Å². The van der Waals surface area contributed by atoms with Gasteiger partial charge in [0.1, 0.15) is 0 Å². The first-order valence-electron chi connectivity index (χ1n) is 10.8. The lowest BCUT2D eigenvalue weighted by atomic mass is 9.73. The summed E-state index contributed by atoms with van der Waals surface area (Å²) < 4.78 is 5.41. The molecule has 2 amide bonds. The molecule has 152 valence electrons. The number of nitrogens with one attached hydrogen (secondary N) is 1. The number of amides is 2. The van der Waals surface area contributed by atoms with Crippen LogP contribution in [0.2, 0.25) is 0 Å². The number of hydrogen-bond acceptors (Lipinski definition) is 3. The molecule has 2 aliphatic carbocycles. The molecule has 5 rings (SSSR count). The molecule has 5 nitrogen and oxygen atoms in total. The number of nitrogens with zero attached hydrogens (tertiary/aromatic N) is 1. The zero-order chi connectivity index (χ0) is 20.0. The molecular formula is C24H28N2O3. The predicted molar refractivity (Wildman–Crippen MR) is 110 cm³/mol. The molecule has 1 aromatic heterocycles. The van der Waals surface area contributed by atoms with Crippen molar-refractivity contribution in [2.24, 2.45) is 0 Å². The van der Waals surface area contributed by atoms with Gasteiger partial charge in [-0.1, -0.05) is 24.3 Å². The van der Waals surface area contributed by atoms with Crippen LogP contribution >= 0.6 is 0 Å².